The van der Waals surface area contributed by atoms with Gasteiger partial charge in [-0.1, -0.05) is 12.1 Å². The monoisotopic (exact) mass is 288 g/mol. The first kappa shape index (κ1) is 15.0. The first-order valence-electron chi connectivity index (χ1n) is 6.48. The molecule has 0 saturated carbocycles. The SMILES string of the molecule is COc1cc(C#N)ccc1C=CC(=O)c1cccc(C#N)c1. The third-order valence-corrected chi connectivity index (χ3v) is 3.05. The van der Waals surface area contributed by atoms with Gasteiger partial charge in [-0.2, -0.15) is 10.5 Å². The van der Waals surface area contributed by atoms with Gasteiger partial charge in [0.25, 0.3) is 0 Å². The zero-order valence-corrected chi connectivity index (χ0v) is 11.9. The quantitative estimate of drug-likeness (QED) is 0.639. The number of allylic oxidation sites excluding steroid dienone is 1. The molecule has 2 rings (SSSR count). The van der Waals surface area contributed by atoms with E-state index in [9.17, 15) is 4.79 Å². The van der Waals surface area contributed by atoms with Gasteiger partial charge in [-0.25, -0.2) is 0 Å². The minimum absolute atomic E-state index is 0.205. The van der Waals surface area contributed by atoms with Crippen LogP contribution in [-0.2, 0) is 0 Å². The number of nitrogens with zero attached hydrogens (tertiary/aromatic N) is 2. The number of rotatable bonds is 4. The first-order valence-corrected chi connectivity index (χ1v) is 6.48. The molecule has 0 amide bonds. The van der Waals surface area contributed by atoms with Crippen molar-refractivity contribution in [1.82, 2.24) is 0 Å². The Labute approximate surface area is 128 Å². The van der Waals surface area contributed by atoms with Gasteiger partial charge < -0.3 is 4.74 Å². The largest absolute Gasteiger partial charge is 0.496 e. The van der Waals surface area contributed by atoms with Crippen molar-refractivity contribution >= 4 is 11.9 Å². The Balaban J connectivity index is 2.26. The molecule has 0 radical (unpaired) electrons. The summed E-state index contributed by atoms with van der Waals surface area (Å²) >= 11 is 0. The lowest BCUT2D eigenvalue weighted by molar-refractivity contribution is 0.104. The molecule has 0 spiro atoms. The number of benzene rings is 2. The molecule has 0 unspecified atom stereocenters. The van der Waals surface area contributed by atoms with Crippen LogP contribution >= 0.6 is 0 Å². The van der Waals surface area contributed by atoms with Crippen molar-refractivity contribution in [2.75, 3.05) is 7.11 Å². The molecule has 0 heterocycles. The molecule has 0 bridgehead atoms. The van der Waals surface area contributed by atoms with Gasteiger partial charge in [-0.15, -0.1) is 0 Å². The molecule has 2 aromatic carbocycles. The van der Waals surface area contributed by atoms with E-state index in [0.29, 0.717) is 28.0 Å². The number of methoxy groups -OCH3 is 1. The first-order chi connectivity index (χ1) is 10.7. The van der Waals surface area contributed by atoms with Crippen molar-refractivity contribution in [3.05, 3.63) is 70.8 Å². The van der Waals surface area contributed by atoms with Crippen LogP contribution in [0.5, 0.6) is 5.75 Å². The van der Waals surface area contributed by atoms with Crippen molar-refractivity contribution in [2.45, 2.75) is 0 Å². The minimum Gasteiger partial charge on any atom is -0.496 e. The highest BCUT2D eigenvalue weighted by molar-refractivity contribution is 6.07. The van der Waals surface area contributed by atoms with E-state index in [2.05, 4.69) is 0 Å². The molecule has 4 heteroatoms. The Hall–Kier alpha value is -3.37. The summed E-state index contributed by atoms with van der Waals surface area (Å²) in [6.45, 7) is 0. The van der Waals surface area contributed by atoms with Crippen LogP contribution in [-0.4, -0.2) is 12.9 Å². The van der Waals surface area contributed by atoms with Gasteiger partial charge in [0.1, 0.15) is 5.75 Å². The fraction of sp³-hybridized carbons (Fsp3) is 0.0556. The third-order valence-electron chi connectivity index (χ3n) is 3.05. The Morgan fingerprint density at radius 1 is 1.09 bits per heavy atom. The average molecular weight is 288 g/mol. The van der Waals surface area contributed by atoms with Crippen LogP contribution in [0.15, 0.2) is 48.5 Å². The van der Waals surface area contributed by atoms with Crippen LogP contribution in [0.4, 0.5) is 0 Å². The van der Waals surface area contributed by atoms with E-state index in [1.807, 2.05) is 12.1 Å². The topological polar surface area (TPSA) is 73.9 Å². The number of hydrogen-bond acceptors (Lipinski definition) is 4. The summed E-state index contributed by atoms with van der Waals surface area (Å²) in [5.41, 5.74) is 2.08. The maximum Gasteiger partial charge on any atom is 0.185 e. The standard InChI is InChI=1S/C18H12N2O2/c1-22-18-10-14(12-20)5-6-15(18)7-8-17(21)16-4-2-3-13(9-16)11-19/h2-10H,1H3. The summed E-state index contributed by atoms with van der Waals surface area (Å²) in [6, 6.07) is 15.5. The Bertz CT molecular complexity index is 824. The fourth-order valence-corrected chi connectivity index (χ4v) is 1.92. The predicted molar refractivity (Wildman–Crippen MR) is 82.2 cm³/mol. The van der Waals surface area contributed by atoms with E-state index in [1.165, 1.54) is 13.2 Å². The Kier molecular flexibility index (Phi) is 4.70. The third kappa shape index (κ3) is 3.39. The highest BCUT2D eigenvalue weighted by Crippen LogP contribution is 2.21. The Morgan fingerprint density at radius 3 is 2.50 bits per heavy atom. The number of nitriles is 2. The zero-order chi connectivity index (χ0) is 15.9. The van der Waals surface area contributed by atoms with Crippen LogP contribution in [0.1, 0.15) is 27.0 Å². The molecule has 0 aliphatic carbocycles. The molecular formula is C18H12N2O2. The molecule has 106 valence electrons. The molecule has 22 heavy (non-hydrogen) atoms. The molecule has 4 nitrogen and oxygen atoms in total. The number of ether oxygens (including phenoxy) is 1. The molecule has 0 fully saturated rings. The van der Waals surface area contributed by atoms with Gasteiger partial charge in [0, 0.05) is 11.1 Å². The molecule has 0 aliphatic heterocycles. The van der Waals surface area contributed by atoms with Crippen LogP contribution in [0, 0.1) is 22.7 Å². The van der Waals surface area contributed by atoms with Crippen molar-refractivity contribution < 1.29 is 9.53 Å². The summed E-state index contributed by atoms with van der Waals surface area (Å²) in [6.07, 6.45) is 3.04. The second-order valence-electron chi connectivity index (χ2n) is 4.46. The van der Waals surface area contributed by atoms with Crippen molar-refractivity contribution in [1.29, 1.82) is 10.5 Å². The molecule has 0 N–H and O–H groups in total. The lowest BCUT2D eigenvalue weighted by Crippen LogP contribution is -1.95. The summed E-state index contributed by atoms with van der Waals surface area (Å²) < 4.78 is 5.21. The van der Waals surface area contributed by atoms with Crippen molar-refractivity contribution in [2.24, 2.45) is 0 Å². The number of hydrogen-bond donors (Lipinski definition) is 0. The maximum absolute atomic E-state index is 12.1. The Morgan fingerprint density at radius 2 is 1.82 bits per heavy atom. The molecule has 0 saturated heterocycles. The van der Waals surface area contributed by atoms with Crippen molar-refractivity contribution in [3.63, 3.8) is 0 Å². The van der Waals surface area contributed by atoms with Gasteiger partial charge in [-0.3, -0.25) is 4.79 Å². The van der Waals surface area contributed by atoms with E-state index in [1.54, 1.807) is 48.5 Å². The fourth-order valence-electron chi connectivity index (χ4n) is 1.92. The van der Waals surface area contributed by atoms with Gasteiger partial charge >= 0.3 is 0 Å². The molecular weight excluding hydrogens is 276 g/mol. The smallest absolute Gasteiger partial charge is 0.185 e. The van der Waals surface area contributed by atoms with Gasteiger partial charge in [0.05, 0.1) is 30.4 Å². The maximum atomic E-state index is 12.1. The molecule has 0 aromatic heterocycles. The summed E-state index contributed by atoms with van der Waals surface area (Å²) in [5.74, 6) is 0.317. The zero-order valence-electron chi connectivity index (χ0n) is 11.9. The summed E-state index contributed by atoms with van der Waals surface area (Å²) in [5, 5.41) is 17.7. The normalized spacial score (nSPS) is 9.95. The van der Waals surface area contributed by atoms with E-state index in [0.717, 1.165) is 0 Å². The van der Waals surface area contributed by atoms with Crippen molar-refractivity contribution in [3.8, 4) is 17.9 Å². The van der Waals surface area contributed by atoms with Crippen LogP contribution in [0.2, 0.25) is 0 Å². The van der Waals surface area contributed by atoms with E-state index in [-0.39, 0.29) is 5.78 Å². The second kappa shape index (κ2) is 6.88. The minimum atomic E-state index is -0.205. The highest BCUT2D eigenvalue weighted by Gasteiger charge is 2.05. The number of ketones is 1. The number of carbonyl (C=O) groups excluding carboxylic acids is 1. The van der Waals surface area contributed by atoms with Crippen LogP contribution in [0.3, 0.4) is 0 Å². The van der Waals surface area contributed by atoms with Gasteiger partial charge in [0.2, 0.25) is 0 Å². The van der Waals surface area contributed by atoms with Crippen LogP contribution < -0.4 is 4.74 Å². The van der Waals surface area contributed by atoms with E-state index in [4.69, 9.17) is 15.3 Å². The second-order valence-corrected chi connectivity index (χ2v) is 4.46. The molecule has 0 atom stereocenters. The lowest BCUT2D eigenvalue weighted by atomic mass is 10.1. The summed E-state index contributed by atoms with van der Waals surface area (Å²) in [7, 11) is 1.51. The molecule has 2 aromatic rings. The van der Waals surface area contributed by atoms with E-state index < -0.39 is 0 Å². The average Bonchev–Trinajstić information content (AvgIpc) is 2.59. The number of carbonyl (C=O) groups is 1. The predicted octanol–water partition coefficient (Wildman–Crippen LogP) is 3.33. The van der Waals surface area contributed by atoms with Gasteiger partial charge in [-0.05, 0) is 42.5 Å². The highest BCUT2D eigenvalue weighted by atomic mass is 16.5. The summed E-state index contributed by atoms with van der Waals surface area (Å²) in [4.78, 5) is 12.1. The lowest BCUT2D eigenvalue weighted by Gasteiger charge is -2.04. The van der Waals surface area contributed by atoms with Crippen LogP contribution in [0.25, 0.3) is 6.08 Å². The molecule has 0 aliphatic rings. The van der Waals surface area contributed by atoms with E-state index >= 15 is 0 Å². The van der Waals surface area contributed by atoms with Gasteiger partial charge in [0.15, 0.2) is 5.78 Å².